The number of unbranched alkanes of at least 4 members (excludes halogenated alkanes) is 1. The van der Waals surface area contributed by atoms with Gasteiger partial charge in [-0.1, -0.05) is 49.8 Å². The normalized spacial score (nSPS) is 11.7. The van der Waals surface area contributed by atoms with Gasteiger partial charge in [0.15, 0.2) is 0 Å². The van der Waals surface area contributed by atoms with Crippen molar-refractivity contribution in [2.24, 2.45) is 0 Å². The topological polar surface area (TPSA) is 0 Å². The molecule has 0 bridgehead atoms. The average Bonchev–Trinajstić information content (AvgIpc) is 2.21. The molecule has 0 saturated carbocycles. The van der Waals surface area contributed by atoms with Gasteiger partial charge in [-0.25, -0.2) is 0 Å². The quantitative estimate of drug-likeness (QED) is 0.639. The number of benzene rings is 1. The van der Waals surface area contributed by atoms with Crippen LogP contribution in [-0.2, 0) is 0 Å². The molecule has 1 aromatic carbocycles. The summed E-state index contributed by atoms with van der Waals surface area (Å²) in [5.41, 5.74) is 2.85. The molecule has 0 radical (unpaired) electrons. The van der Waals surface area contributed by atoms with E-state index in [0.29, 0.717) is 0 Å². The van der Waals surface area contributed by atoms with E-state index in [-0.39, 0.29) is 0 Å². The SMILES string of the molecule is C/C=C(\CCCC)c1ccccc1. The number of rotatable bonds is 4. The van der Waals surface area contributed by atoms with E-state index < -0.39 is 0 Å². The fourth-order valence-corrected chi connectivity index (χ4v) is 1.47. The molecule has 13 heavy (non-hydrogen) atoms. The molecule has 0 unspecified atom stereocenters. The molecule has 0 aliphatic rings. The lowest BCUT2D eigenvalue weighted by atomic mass is 10.0. The first-order chi connectivity index (χ1) is 6.38. The summed E-state index contributed by atoms with van der Waals surface area (Å²) in [6, 6.07) is 10.6. The van der Waals surface area contributed by atoms with Gasteiger partial charge in [0, 0.05) is 0 Å². The maximum atomic E-state index is 2.23. The summed E-state index contributed by atoms with van der Waals surface area (Å²) in [4.78, 5) is 0. The molecule has 0 spiro atoms. The van der Waals surface area contributed by atoms with Gasteiger partial charge in [-0.05, 0) is 30.9 Å². The Morgan fingerprint density at radius 1 is 1.23 bits per heavy atom. The molecule has 0 heterocycles. The summed E-state index contributed by atoms with van der Waals surface area (Å²) >= 11 is 0. The van der Waals surface area contributed by atoms with Crippen LogP contribution in [-0.4, -0.2) is 0 Å². The molecular formula is C13H18. The molecule has 1 aromatic rings. The van der Waals surface area contributed by atoms with Crippen LogP contribution in [0.3, 0.4) is 0 Å². The number of allylic oxidation sites excluding steroid dienone is 2. The minimum atomic E-state index is 1.21. The summed E-state index contributed by atoms with van der Waals surface area (Å²) in [6.45, 7) is 4.36. The highest BCUT2D eigenvalue weighted by atomic mass is 14.0. The minimum absolute atomic E-state index is 1.21. The van der Waals surface area contributed by atoms with Crippen LogP contribution in [0.15, 0.2) is 36.4 Å². The van der Waals surface area contributed by atoms with Crippen molar-refractivity contribution < 1.29 is 0 Å². The lowest BCUT2D eigenvalue weighted by Gasteiger charge is -2.05. The van der Waals surface area contributed by atoms with Crippen LogP contribution < -0.4 is 0 Å². The van der Waals surface area contributed by atoms with Crippen molar-refractivity contribution in [1.29, 1.82) is 0 Å². The Balaban J connectivity index is 2.69. The van der Waals surface area contributed by atoms with Crippen molar-refractivity contribution in [2.45, 2.75) is 33.1 Å². The Hall–Kier alpha value is -1.04. The van der Waals surface area contributed by atoms with Crippen LogP contribution in [0.2, 0.25) is 0 Å². The Labute approximate surface area is 81.3 Å². The zero-order valence-corrected chi connectivity index (χ0v) is 8.59. The first-order valence-corrected chi connectivity index (χ1v) is 5.09. The molecule has 0 aliphatic heterocycles. The van der Waals surface area contributed by atoms with E-state index in [9.17, 15) is 0 Å². The molecule has 0 saturated heterocycles. The van der Waals surface area contributed by atoms with Crippen LogP contribution >= 0.6 is 0 Å². The van der Waals surface area contributed by atoms with Gasteiger partial charge >= 0.3 is 0 Å². The lowest BCUT2D eigenvalue weighted by molar-refractivity contribution is 0.824. The Morgan fingerprint density at radius 2 is 1.92 bits per heavy atom. The highest BCUT2D eigenvalue weighted by molar-refractivity contribution is 5.64. The molecule has 0 heteroatoms. The van der Waals surface area contributed by atoms with Gasteiger partial charge < -0.3 is 0 Å². The van der Waals surface area contributed by atoms with Crippen LogP contribution in [0, 0.1) is 0 Å². The van der Waals surface area contributed by atoms with Gasteiger partial charge in [-0.15, -0.1) is 0 Å². The summed E-state index contributed by atoms with van der Waals surface area (Å²) in [7, 11) is 0. The predicted molar refractivity (Wildman–Crippen MR) is 59.6 cm³/mol. The molecule has 0 fully saturated rings. The number of hydrogen-bond acceptors (Lipinski definition) is 0. The molecule has 0 aliphatic carbocycles. The molecule has 0 aromatic heterocycles. The van der Waals surface area contributed by atoms with E-state index in [1.807, 2.05) is 0 Å². The molecule has 70 valence electrons. The third-order valence-corrected chi connectivity index (χ3v) is 2.29. The Bertz CT molecular complexity index is 257. The lowest BCUT2D eigenvalue weighted by Crippen LogP contribution is -1.83. The van der Waals surface area contributed by atoms with Crippen LogP contribution in [0.25, 0.3) is 5.57 Å². The zero-order valence-electron chi connectivity index (χ0n) is 8.59. The van der Waals surface area contributed by atoms with Crippen LogP contribution in [0.5, 0.6) is 0 Å². The van der Waals surface area contributed by atoms with Crippen molar-refractivity contribution in [3.63, 3.8) is 0 Å². The van der Waals surface area contributed by atoms with Gasteiger partial charge in [0.25, 0.3) is 0 Å². The van der Waals surface area contributed by atoms with E-state index in [4.69, 9.17) is 0 Å². The summed E-state index contributed by atoms with van der Waals surface area (Å²) in [5.74, 6) is 0. The fraction of sp³-hybridized carbons (Fsp3) is 0.385. The van der Waals surface area contributed by atoms with Crippen molar-refractivity contribution >= 4 is 5.57 Å². The molecule has 0 nitrogen and oxygen atoms in total. The van der Waals surface area contributed by atoms with Gasteiger partial charge in [-0.3, -0.25) is 0 Å². The second-order valence-corrected chi connectivity index (χ2v) is 3.28. The third kappa shape index (κ3) is 3.06. The van der Waals surface area contributed by atoms with E-state index in [2.05, 4.69) is 50.3 Å². The second kappa shape index (κ2) is 5.58. The predicted octanol–water partition coefficient (Wildman–Crippen LogP) is 4.28. The third-order valence-electron chi connectivity index (χ3n) is 2.29. The van der Waals surface area contributed by atoms with Crippen LogP contribution in [0.4, 0.5) is 0 Å². The smallest absolute Gasteiger partial charge is 0.0228 e. The van der Waals surface area contributed by atoms with Gasteiger partial charge in [0.1, 0.15) is 0 Å². The average molecular weight is 174 g/mol. The minimum Gasteiger partial charge on any atom is -0.0838 e. The Morgan fingerprint density at radius 3 is 2.46 bits per heavy atom. The van der Waals surface area contributed by atoms with Crippen molar-refractivity contribution in [2.75, 3.05) is 0 Å². The zero-order chi connectivity index (χ0) is 9.52. The first kappa shape index (κ1) is 10.0. The highest BCUT2D eigenvalue weighted by Crippen LogP contribution is 2.19. The van der Waals surface area contributed by atoms with Crippen LogP contribution in [0.1, 0.15) is 38.7 Å². The van der Waals surface area contributed by atoms with Crippen molar-refractivity contribution in [1.82, 2.24) is 0 Å². The summed E-state index contributed by atoms with van der Waals surface area (Å²) in [6.07, 6.45) is 5.99. The van der Waals surface area contributed by atoms with Gasteiger partial charge in [0.05, 0.1) is 0 Å². The second-order valence-electron chi connectivity index (χ2n) is 3.28. The number of hydrogen-bond donors (Lipinski definition) is 0. The molecule has 0 N–H and O–H groups in total. The summed E-state index contributed by atoms with van der Waals surface area (Å²) in [5, 5.41) is 0. The summed E-state index contributed by atoms with van der Waals surface area (Å²) < 4.78 is 0. The first-order valence-electron chi connectivity index (χ1n) is 5.09. The van der Waals surface area contributed by atoms with Gasteiger partial charge in [0.2, 0.25) is 0 Å². The highest BCUT2D eigenvalue weighted by Gasteiger charge is 1.97. The molecule has 1 rings (SSSR count). The van der Waals surface area contributed by atoms with Crippen molar-refractivity contribution in [3.05, 3.63) is 42.0 Å². The van der Waals surface area contributed by atoms with Gasteiger partial charge in [-0.2, -0.15) is 0 Å². The van der Waals surface area contributed by atoms with E-state index in [0.717, 1.165) is 0 Å². The van der Waals surface area contributed by atoms with E-state index in [1.54, 1.807) is 0 Å². The molecular weight excluding hydrogens is 156 g/mol. The van der Waals surface area contributed by atoms with Crippen molar-refractivity contribution in [3.8, 4) is 0 Å². The monoisotopic (exact) mass is 174 g/mol. The Kier molecular flexibility index (Phi) is 4.31. The standard InChI is InChI=1S/C13H18/c1-3-5-9-12(4-2)13-10-7-6-8-11-13/h4,6-8,10-11H,3,5,9H2,1-2H3/b12-4+. The molecule has 0 amide bonds. The van der Waals surface area contributed by atoms with E-state index in [1.165, 1.54) is 30.4 Å². The largest absolute Gasteiger partial charge is 0.0838 e. The maximum absolute atomic E-state index is 2.23. The maximum Gasteiger partial charge on any atom is -0.0228 e. The van der Waals surface area contributed by atoms with E-state index >= 15 is 0 Å². The molecule has 0 atom stereocenters. The fourth-order valence-electron chi connectivity index (χ4n) is 1.47.